The number of hydrogen-bond acceptors (Lipinski definition) is 4. The fourth-order valence-electron chi connectivity index (χ4n) is 1.90. The van der Waals surface area contributed by atoms with Gasteiger partial charge in [-0.05, 0) is 25.1 Å². The van der Waals surface area contributed by atoms with Crippen LogP contribution in [0.15, 0.2) is 24.3 Å². The van der Waals surface area contributed by atoms with Crippen LogP contribution in [0.4, 0.5) is 0 Å². The van der Waals surface area contributed by atoms with E-state index in [1.165, 1.54) is 7.11 Å². The molecule has 0 heterocycles. The summed E-state index contributed by atoms with van der Waals surface area (Å²) in [4.78, 5) is 25.5. The number of methoxy groups -OCH3 is 2. The van der Waals surface area contributed by atoms with Crippen molar-refractivity contribution >= 4 is 11.9 Å². The molecule has 1 amide bonds. The molecule has 0 aliphatic heterocycles. The predicted molar refractivity (Wildman–Crippen MR) is 75.8 cm³/mol. The minimum Gasteiger partial charge on any atom is -0.497 e. The lowest BCUT2D eigenvalue weighted by molar-refractivity contribution is -0.145. The molecule has 0 saturated heterocycles. The Morgan fingerprint density at radius 2 is 2.00 bits per heavy atom. The van der Waals surface area contributed by atoms with Gasteiger partial charge < -0.3 is 14.4 Å². The highest BCUT2D eigenvalue weighted by molar-refractivity contribution is 5.94. The van der Waals surface area contributed by atoms with Crippen LogP contribution in [0.1, 0.15) is 24.2 Å². The van der Waals surface area contributed by atoms with E-state index in [2.05, 4.69) is 4.74 Å². The molecule has 1 rings (SSSR count). The maximum atomic E-state index is 12.4. The fourth-order valence-corrected chi connectivity index (χ4v) is 1.90. The number of benzene rings is 1. The van der Waals surface area contributed by atoms with Gasteiger partial charge >= 0.3 is 5.97 Å². The van der Waals surface area contributed by atoms with Gasteiger partial charge in [0.1, 0.15) is 5.75 Å². The smallest absolute Gasteiger partial charge is 0.310 e. The van der Waals surface area contributed by atoms with Crippen LogP contribution in [0.2, 0.25) is 0 Å². The van der Waals surface area contributed by atoms with Crippen molar-refractivity contribution in [3.8, 4) is 5.75 Å². The minimum atomic E-state index is -0.352. The van der Waals surface area contributed by atoms with E-state index in [4.69, 9.17) is 4.74 Å². The van der Waals surface area contributed by atoms with Crippen LogP contribution in [0.25, 0.3) is 0 Å². The van der Waals surface area contributed by atoms with E-state index in [9.17, 15) is 9.59 Å². The fraction of sp³-hybridized carbons (Fsp3) is 0.467. The molecular formula is C15H21NO4. The van der Waals surface area contributed by atoms with Crippen LogP contribution in [-0.2, 0) is 9.53 Å². The number of carbonyl (C=O) groups excluding carboxylic acids is 2. The van der Waals surface area contributed by atoms with E-state index in [1.54, 1.807) is 43.2 Å². The van der Waals surface area contributed by atoms with Crippen LogP contribution in [0, 0.1) is 5.92 Å². The molecule has 0 spiro atoms. The molecule has 0 saturated carbocycles. The number of carbonyl (C=O) groups is 2. The highest BCUT2D eigenvalue weighted by Gasteiger charge is 2.21. The number of nitrogens with zero attached hydrogens (tertiary/aromatic N) is 1. The lowest BCUT2D eigenvalue weighted by Crippen LogP contribution is -2.37. The monoisotopic (exact) mass is 279 g/mol. The summed E-state index contributed by atoms with van der Waals surface area (Å²) in [6.07, 6.45) is 0. The summed E-state index contributed by atoms with van der Waals surface area (Å²) in [5.74, 6) is -0.161. The van der Waals surface area contributed by atoms with E-state index < -0.39 is 0 Å². The standard InChI is InChI=1S/C15H21NO4/c1-5-16(10-11(2)15(18)20-4)14(17)12-7-6-8-13(9-12)19-3/h6-9,11H,5,10H2,1-4H3. The summed E-state index contributed by atoms with van der Waals surface area (Å²) in [7, 11) is 2.90. The Kier molecular flexibility index (Phi) is 6.03. The van der Waals surface area contributed by atoms with Gasteiger partial charge in [0.15, 0.2) is 0 Å². The first kappa shape index (κ1) is 16.0. The van der Waals surface area contributed by atoms with Gasteiger partial charge in [0.25, 0.3) is 5.91 Å². The highest BCUT2D eigenvalue weighted by atomic mass is 16.5. The summed E-state index contributed by atoms with van der Waals surface area (Å²) in [5.41, 5.74) is 0.545. The van der Waals surface area contributed by atoms with Crippen molar-refractivity contribution in [3.05, 3.63) is 29.8 Å². The van der Waals surface area contributed by atoms with Crippen molar-refractivity contribution in [1.82, 2.24) is 4.90 Å². The van der Waals surface area contributed by atoms with Crippen LogP contribution in [0.3, 0.4) is 0 Å². The Morgan fingerprint density at radius 3 is 2.55 bits per heavy atom. The Balaban J connectivity index is 2.83. The molecule has 0 aliphatic rings. The van der Waals surface area contributed by atoms with E-state index in [0.717, 1.165) is 0 Å². The topological polar surface area (TPSA) is 55.8 Å². The molecule has 0 aromatic heterocycles. The number of amides is 1. The molecule has 0 bridgehead atoms. The van der Waals surface area contributed by atoms with Gasteiger partial charge in [0.05, 0.1) is 20.1 Å². The second-order valence-corrected chi connectivity index (χ2v) is 4.50. The van der Waals surface area contributed by atoms with Crippen molar-refractivity contribution in [3.63, 3.8) is 0 Å². The first-order valence-corrected chi connectivity index (χ1v) is 6.54. The Bertz CT molecular complexity index is 473. The number of esters is 1. The van der Waals surface area contributed by atoms with E-state index in [0.29, 0.717) is 24.4 Å². The van der Waals surface area contributed by atoms with Gasteiger partial charge in [-0.1, -0.05) is 13.0 Å². The minimum absolute atomic E-state index is 0.123. The predicted octanol–water partition coefficient (Wildman–Crippen LogP) is 1.97. The summed E-state index contributed by atoms with van der Waals surface area (Å²) in [6.45, 7) is 4.48. The van der Waals surface area contributed by atoms with Crippen LogP contribution in [-0.4, -0.2) is 44.1 Å². The van der Waals surface area contributed by atoms with E-state index in [-0.39, 0.29) is 17.8 Å². The first-order valence-electron chi connectivity index (χ1n) is 6.54. The Morgan fingerprint density at radius 1 is 1.30 bits per heavy atom. The van der Waals surface area contributed by atoms with Gasteiger partial charge in [0, 0.05) is 18.7 Å². The van der Waals surface area contributed by atoms with Gasteiger partial charge in [-0.3, -0.25) is 9.59 Å². The third-order valence-corrected chi connectivity index (χ3v) is 3.08. The Labute approximate surface area is 119 Å². The zero-order chi connectivity index (χ0) is 15.1. The zero-order valence-corrected chi connectivity index (χ0v) is 12.4. The molecule has 0 radical (unpaired) electrons. The SMILES string of the molecule is CCN(CC(C)C(=O)OC)C(=O)c1cccc(OC)c1. The maximum Gasteiger partial charge on any atom is 0.310 e. The summed E-state index contributed by atoms with van der Waals surface area (Å²) in [5, 5.41) is 0. The lowest BCUT2D eigenvalue weighted by atomic mass is 10.1. The highest BCUT2D eigenvalue weighted by Crippen LogP contribution is 2.15. The molecule has 5 heteroatoms. The lowest BCUT2D eigenvalue weighted by Gasteiger charge is -2.23. The van der Waals surface area contributed by atoms with Crippen molar-refractivity contribution < 1.29 is 19.1 Å². The molecule has 20 heavy (non-hydrogen) atoms. The van der Waals surface area contributed by atoms with Crippen molar-refractivity contribution in [2.75, 3.05) is 27.3 Å². The molecule has 5 nitrogen and oxygen atoms in total. The Hall–Kier alpha value is -2.04. The molecule has 1 atom stereocenters. The number of hydrogen-bond donors (Lipinski definition) is 0. The molecule has 1 aromatic carbocycles. The van der Waals surface area contributed by atoms with Crippen LogP contribution in [0.5, 0.6) is 5.75 Å². The van der Waals surface area contributed by atoms with Gasteiger partial charge in [-0.25, -0.2) is 0 Å². The normalized spacial score (nSPS) is 11.6. The van der Waals surface area contributed by atoms with E-state index in [1.807, 2.05) is 6.92 Å². The summed E-state index contributed by atoms with van der Waals surface area (Å²) < 4.78 is 9.79. The molecular weight excluding hydrogens is 258 g/mol. The number of ether oxygens (including phenoxy) is 2. The summed E-state index contributed by atoms with van der Waals surface area (Å²) in [6, 6.07) is 6.97. The maximum absolute atomic E-state index is 12.4. The van der Waals surface area contributed by atoms with E-state index >= 15 is 0 Å². The van der Waals surface area contributed by atoms with Crippen molar-refractivity contribution in [2.45, 2.75) is 13.8 Å². The number of rotatable bonds is 6. The average molecular weight is 279 g/mol. The largest absolute Gasteiger partial charge is 0.497 e. The second-order valence-electron chi connectivity index (χ2n) is 4.50. The van der Waals surface area contributed by atoms with Gasteiger partial charge in [0.2, 0.25) is 0 Å². The molecule has 1 aromatic rings. The summed E-state index contributed by atoms with van der Waals surface area (Å²) >= 11 is 0. The third-order valence-electron chi connectivity index (χ3n) is 3.08. The third kappa shape index (κ3) is 3.98. The zero-order valence-electron chi connectivity index (χ0n) is 12.4. The van der Waals surface area contributed by atoms with Gasteiger partial charge in [-0.15, -0.1) is 0 Å². The second kappa shape index (κ2) is 7.53. The molecule has 0 aliphatic carbocycles. The molecule has 0 fully saturated rings. The average Bonchev–Trinajstić information content (AvgIpc) is 2.50. The first-order chi connectivity index (χ1) is 9.53. The quantitative estimate of drug-likeness (QED) is 0.747. The van der Waals surface area contributed by atoms with Gasteiger partial charge in [-0.2, -0.15) is 0 Å². The van der Waals surface area contributed by atoms with Crippen molar-refractivity contribution in [1.29, 1.82) is 0 Å². The molecule has 1 unspecified atom stereocenters. The van der Waals surface area contributed by atoms with Crippen LogP contribution >= 0.6 is 0 Å². The van der Waals surface area contributed by atoms with Crippen molar-refractivity contribution in [2.24, 2.45) is 5.92 Å². The molecule has 0 N–H and O–H groups in total. The molecule has 110 valence electrons. The van der Waals surface area contributed by atoms with Crippen LogP contribution < -0.4 is 4.74 Å².